The number of carbonyl (C=O) groups excluding carboxylic acids is 1. The molecule has 0 spiro atoms. The highest BCUT2D eigenvalue weighted by molar-refractivity contribution is 8.00. The van der Waals surface area contributed by atoms with Gasteiger partial charge in [0, 0.05) is 23.6 Å². The third-order valence-corrected chi connectivity index (χ3v) is 5.55. The van der Waals surface area contributed by atoms with E-state index in [4.69, 9.17) is 0 Å². The minimum Gasteiger partial charge on any atom is -0.508 e. The first-order valence-electron chi connectivity index (χ1n) is 7.46. The number of benzene rings is 1. The van der Waals surface area contributed by atoms with Gasteiger partial charge in [0.05, 0.1) is 6.04 Å². The minimum absolute atomic E-state index is 0.0181. The molecule has 1 aromatic carbocycles. The minimum atomic E-state index is 0.0181. The van der Waals surface area contributed by atoms with E-state index in [0.29, 0.717) is 5.75 Å². The third kappa shape index (κ3) is 2.98. The molecule has 0 radical (unpaired) electrons. The van der Waals surface area contributed by atoms with Crippen molar-refractivity contribution in [1.29, 1.82) is 0 Å². The molecule has 2 amide bonds. The second kappa shape index (κ2) is 5.44. The van der Waals surface area contributed by atoms with Crippen molar-refractivity contribution >= 4 is 17.8 Å². The van der Waals surface area contributed by atoms with E-state index in [2.05, 4.69) is 19.2 Å². The Hall–Kier alpha value is -1.36. The van der Waals surface area contributed by atoms with Gasteiger partial charge in [0.1, 0.15) is 5.75 Å². The number of rotatable bonds is 1. The van der Waals surface area contributed by atoms with Gasteiger partial charge in [-0.3, -0.25) is 0 Å². The Bertz CT molecular complexity index is 559. The number of hydrogen-bond donors (Lipinski definition) is 2. The van der Waals surface area contributed by atoms with Gasteiger partial charge in [-0.2, -0.15) is 11.8 Å². The van der Waals surface area contributed by atoms with Crippen LogP contribution in [0.1, 0.15) is 37.4 Å². The molecule has 2 N–H and O–H groups in total. The van der Waals surface area contributed by atoms with Gasteiger partial charge in [0.15, 0.2) is 0 Å². The Morgan fingerprint density at radius 3 is 3.05 bits per heavy atom. The molecule has 0 bridgehead atoms. The highest BCUT2D eigenvalue weighted by atomic mass is 32.2. The number of hydrogen-bond acceptors (Lipinski definition) is 3. The third-order valence-electron chi connectivity index (χ3n) is 4.26. The number of amides is 2. The fourth-order valence-corrected chi connectivity index (χ4v) is 4.33. The van der Waals surface area contributed by atoms with E-state index in [1.54, 1.807) is 6.07 Å². The fraction of sp³-hybridized carbons (Fsp3) is 0.562. The Balaban J connectivity index is 1.68. The summed E-state index contributed by atoms with van der Waals surface area (Å²) >= 11 is 1.92. The van der Waals surface area contributed by atoms with Gasteiger partial charge in [-0.25, -0.2) is 4.79 Å². The summed E-state index contributed by atoms with van der Waals surface area (Å²) in [6.07, 6.45) is 1.69. The van der Waals surface area contributed by atoms with Gasteiger partial charge < -0.3 is 15.3 Å². The van der Waals surface area contributed by atoms with Crippen molar-refractivity contribution in [2.24, 2.45) is 0 Å². The molecule has 1 fully saturated rings. The molecular weight excluding hydrogens is 284 g/mol. The molecule has 1 aliphatic carbocycles. The monoisotopic (exact) mass is 306 g/mol. The van der Waals surface area contributed by atoms with E-state index in [9.17, 15) is 9.90 Å². The molecule has 1 heterocycles. The molecule has 2 aliphatic rings. The molecule has 114 valence electrons. The summed E-state index contributed by atoms with van der Waals surface area (Å²) in [4.78, 5) is 14.4. The Morgan fingerprint density at radius 1 is 1.48 bits per heavy atom. The van der Waals surface area contributed by atoms with Crippen molar-refractivity contribution in [3.05, 3.63) is 29.3 Å². The van der Waals surface area contributed by atoms with Crippen molar-refractivity contribution in [1.82, 2.24) is 10.2 Å². The molecule has 4 nitrogen and oxygen atoms in total. The average Bonchev–Trinajstić information content (AvgIpc) is 2.82. The lowest BCUT2D eigenvalue weighted by molar-refractivity contribution is 0.190. The summed E-state index contributed by atoms with van der Waals surface area (Å²) in [6, 6.07) is 5.61. The van der Waals surface area contributed by atoms with Crippen LogP contribution in [-0.4, -0.2) is 39.6 Å². The molecular formula is C16H22N2O2S. The van der Waals surface area contributed by atoms with Crippen molar-refractivity contribution < 1.29 is 9.90 Å². The number of fused-ring (bicyclic) bond motifs is 1. The van der Waals surface area contributed by atoms with E-state index >= 15 is 0 Å². The summed E-state index contributed by atoms with van der Waals surface area (Å²) < 4.78 is 0.126. The summed E-state index contributed by atoms with van der Waals surface area (Å²) in [7, 11) is 0. The van der Waals surface area contributed by atoms with E-state index in [0.717, 1.165) is 42.8 Å². The van der Waals surface area contributed by atoms with Gasteiger partial charge in [-0.15, -0.1) is 0 Å². The van der Waals surface area contributed by atoms with Gasteiger partial charge in [-0.05, 0) is 43.9 Å². The van der Waals surface area contributed by atoms with Gasteiger partial charge in [-0.1, -0.05) is 12.1 Å². The standard InChI is InChI=1S/C16H22N2O2S/c1-16(2)10-18(8-9-21-16)15(20)17-13-7-6-12-11(13)4-3-5-14(12)19/h3-5,13,19H,6-10H2,1-2H3,(H,17,20)/t13-/m1/s1. The molecule has 1 aromatic rings. The highest BCUT2D eigenvalue weighted by Crippen LogP contribution is 2.36. The van der Waals surface area contributed by atoms with Gasteiger partial charge in [0.2, 0.25) is 0 Å². The number of nitrogens with one attached hydrogen (secondary N) is 1. The van der Waals surface area contributed by atoms with E-state index < -0.39 is 0 Å². The van der Waals surface area contributed by atoms with Crippen LogP contribution in [0.4, 0.5) is 4.79 Å². The van der Waals surface area contributed by atoms with Crippen molar-refractivity contribution in [3.8, 4) is 5.75 Å². The first-order chi connectivity index (χ1) is 9.96. The Kier molecular flexibility index (Phi) is 3.78. The number of nitrogens with zero attached hydrogens (tertiary/aromatic N) is 1. The lowest BCUT2D eigenvalue weighted by Gasteiger charge is -2.38. The first-order valence-corrected chi connectivity index (χ1v) is 8.45. The van der Waals surface area contributed by atoms with Crippen LogP contribution in [0.5, 0.6) is 5.75 Å². The maximum atomic E-state index is 12.5. The number of phenols is 1. The largest absolute Gasteiger partial charge is 0.508 e. The van der Waals surface area contributed by atoms with E-state index in [-0.39, 0.29) is 16.8 Å². The predicted molar refractivity (Wildman–Crippen MR) is 85.8 cm³/mol. The van der Waals surface area contributed by atoms with Crippen LogP contribution in [0, 0.1) is 0 Å². The molecule has 1 atom stereocenters. The zero-order valence-corrected chi connectivity index (χ0v) is 13.4. The van der Waals surface area contributed by atoms with Crippen molar-refractivity contribution in [2.45, 2.75) is 37.5 Å². The van der Waals surface area contributed by atoms with Crippen molar-refractivity contribution in [2.75, 3.05) is 18.8 Å². The summed E-state index contributed by atoms with van der Waals surface area (Å²) in [5, 5.41) is 13.0. The molecule has 21 heavy (non-hydrogen) atoms. The number of phenolic OH excluding ortho intramolecular Hbond substituents is 1. The number of thioether (sulfide) groups is 1. The molecule has 5 heteroatoms. The second-order valence-corrected chi connectivity index (χ2v) is 8.22. The van der Waals surface area contributed by atoms with Gasteiger partial charge >= 0.3 is 6.03 Å². The van der Waals surface area contributed by atoms with Crippen LogP contribution >= 0.6 is 11.8 Å². The molecule has 3 rings (SSSR count). The Morgan fingerprint density at radius 2 is 2.29 bits per heavy atom. The fourth-order valence-electron chi connectivity index (χ4n) is 3.22. The summed E-state index contributed by atoms with van der Waals surface area (Å²) in [5.74, 6) is 1.34. The van der Waals surface area contributed by atoms with Crippen LogP contribution in [0.3, 0.4) is 0 Å². The van der Waals surface area contributed by atoms with Crippen LogP contribution in [0.15, 0.2) is 18.2 Å². The molecule has 1 aliphatic heterocycles. The number of carbonyl (C=O) groups is 1. The zero-order chi connectivity index (χ0) is 15.0. The summed E-state index contributed by atoms with van der Waals surface area (Å²) in [5.41, 5.74) is 2.05. The number of aromatic hydroxyl groups is 1. The molecule has 0 aromatic heterocycles. The molecule has 1 saturated heterocycles. The Labute approximate surface area is 129 Å². The molecule has 0 saturated carbocycles. The average molecular weight is 306 g/mol. The lowest BCUT2D eigenvalue weighted by atomic mass is 10.1. The summed E-state index contributed by atoms with van der Waals surface area (Å²) in [6.45, 7) is 5.95. The second-order valence-electron chi connectivity index (χ2n) is 6.42. The van der Waals surface area contributed by atoms with E-state index in [1.807, 2.05) is 28.8 Å². The smallest absolute Gasteiger partial charge is 0.317 e. The maximum absolute atomic E-state index is 12.5. The molecule has 0 unspecified atom stereocenters. The van der Waals surface area contributed by atoms with E-state index in [1.165, 1.54) is 0 Å². The van der Waals surface area contributed by atoms with Crippen LogP contribution in [0.25, 0.3) is 0 Å². The SMILES string of the molecule is CC1(C)CN(C(=O)N[C@@H]2CCc3c(O)cccc32)CCS1. The maximum Gasteiger partial charge on any atom is 0.317 e. The quantitative estimate of drug-likeness (QED) is 0.839. The predicted octanol–water partition coefficient (Wildman–Crippen LogP) is 2.92. The first kappa shape index (κ1) is 14.6. The van der Waals surface area contributed by atoms with Crippen LogP contribution < -0.4 is 5.32 Å². The highest BCUT2D eigenvalue weighted by Gasteiger charge is 2.32. The normalized spacial score (nSPS) is 23.7. The lowest BCUT2D eigenvalue weighted by Crippen LogP contribution is -2.50. The topological polar surface area (TPSA) is 52.6 Å². The van der Waals surface area contributed by atoms with Crippen LogP contribution in [-0.2, 0) is 6.42 Å². The van der Waals surface area contributed by atoms with Gasteiger partial charge in [0.25, 0.3) is 0 Å². The van der Waals surface area contributed by atoms with Crippen molar-refractivity contribution in [3.63, 3.8) is 0 Å². The zero-order valence-electron chi connectivity index (χ0n) is 12.6. The number of urea groups is 1. The van der Waals surface area contributed by atoms with Crippen LogP contribution in [0.2, 0.25) is 0 Å².